The number of aromatic nitrogens is 3. The minimum atomic E-state index is 0.319. The van der Waals surface area contributed by atoms with Gasteiger partial charge < -0.3 is 4.74 Å². The maximum absolute atomic E-state index is 8.70. The third-order valence-corrected chi connectivity index (χ3v) is 3.73. The van der Waals surface area contributed by atoms with Gasteiger partial charge in [-0.25, -0.2) is 9.97 Å². The van der Waals surface area contributed by atoms with E-state index in [2.05, 4.69) is 21.0 Å². The predicted octanol–water partition coefficient (Wildman–Crippen LogP) is 4.61. The second-order valence-electron chi connectivity index (χ2n) is 5.33. The van der Waals surface area contributed by atoms with Crippen molar-refractivity contribution in [2.24, 2.45) is 0 Å². The van der Waals surface area contributed by atoms with E-state index in [9.17, 15) is 0 Å². The van der Waals surface area contributed by atoms with Gasteiger partial charge in [-0.2, -0.15) is 10.2 Å². The van der Waals surface area contributed by atoms with E-state index in [1.54, 1.807) is 24.4 Å². The molecule has 3 rings (SSSR count). The average molecular weight is 351 g/mol. The van der Waals surface area contributed by atoms with E-state index in [0.717, 1.165) is 23.2 Å². The van der Waals surface area contributed by atoms with E-state index in [0.29, 0.717) is 29.0 Å². The number of rotatable bonds is 5. The number of halogens is 1. The topological polar surface area (TPSA) is 71.7 Å². The first-order valence-electron chi connectivity index (χ1n) is 7.81. The smallest absolute Gasteiger partial charge is 0.225 e. The minimum absolute atomic E-state index is 0.319. The molecule has 0 bridgehead atoms. The quantitative estimate of drug-likeness (QED) is 0.671. The molecule has 124 valence electrons. The molecule has 0 N–H and O–H groups in total. The first-order valence-corrected chi connectivity index (χ1v) is 8.19. The van der Waals surface area contributed by atoms with Crippen LogP contribution < -0.4 is 4.74 Å². The number of aryl methyl sites for hydroxylation is 1. The van der Waals surface area contributed by atoms with Gasteiger partial charge in [0.2, 0.25) is 11.8 Å². The van der Waals surface area contributed by atoms with Crippen LogP contribution in [0.25, 0.3) is 11.4 Å². The van der Waals surface area contributed by atoms with Gasteiger partial charge in [-0.3, -0.25) is 0 Å². The van der Waals surface area contributed by atoms with Crippen LogP contribution in [0.1, 0.15) is 18.2 Å². The molecule has 3 aromatic rings. The normalized spacial score (nSPS) is 10.3. The Morgan fingerprint density at radius 1 is 1.12 bits per heavy atom. The van der Waals surface area contributed by atoms with Crippen LogP contribution in [0.15, 0.2) is 48.7 Å². The summed E-state index contributed by atoms with van der Waals surface area (Å²) in [6, 6.07) is 14.8. The lowest BCUT2D eigenvalue weighted by Gasteiger charge is -2.08. The van der Waals surface area contributed by atoms with Gasteiger partial charge >= 0.3 is 0 Å². The number of hydrogen-bond donors (Lipinski definition) is 0. The lowest BCUT2D eigenvalue weighted by molar-refractivity contribution is 0.443. The van der Waals surface area contributed by atoms with Crippen LogP contribution in [0.4, 0.5) is 0 Å². The zero-order valence-electron chi connectivity index (χ0n) is 13.6. The van der Waals surface area contributed by atoms with Crippen molar-refractivity contribution in [1.82, 2.24) is 15.0 Å². The fraction of sp³-hybridized carbons (Fsp3) is 0.158. The number of pyridine rings is 1. The third-order valence-electron chi connectivity index (χ3n) is 3.49. The first-order chi connectivity index (χ1) is 12.2. The Morgan fingerprint density at radius 3 is 2.68 bits per heavy atom. The Morgan fingerprint density at radius 2 is 2.00 bits per heavy atom. The molecule has 0 amide bonds. The van der Waals surface area contributed by atoms with Gasteiger partial charge in [-0.05, 0) is 24.1 Å². The van der Waals surface area contributed by atoms with Gasteiger partial charge in [0.05, 0.1) is 12.5 Å². The van der Waals surface area contributed by atoms with Gasteiger partial charge in [-0.1, -0.05) is 36.7 Å². The van der Waals surface area contributed by atoms with E-state index in [1.807, 2.05) is 31.2 Å². The van der Waals surface area contributed by atoms with Crippen molar-refractivity contribution in [3.63, 3.8) is 0 Å². The molecular weight excluding hydrogens is 336 g/mol. The third kappa shape index (κ3) is 4.31. The summed E-state index contributed by atoms with van der Waals surface area (Å²) in [4.78, 5) is 13.2. The van der Waals surface area contributed by atoms with Crippen LogP contribution in [0, 0.1) is 11.3 Å². The number of nitriles is 1. The van der Waals surface area contributed by atoms with Crippen molar-refractivity contribution in [2.75, 3.05) is 0 Å². The summed E-state index contributed by atoms with van der Waals surface area (Å²) in [6.45, 7) is 2.02. The highest BCUT2D eigenvalue weighted by Gasteiger charge is 2.09. The second kappa shape index (κ2) is 7.73. The molecule has 0 radical (unpaired) electrons. The molecule has 0 aliphatic rings. The van der Waals surface area contributed by atoms with Gasteiger partial charge in [0, 0.05) is 34.6 Å². The highest BCUT2D eigenvalue weighted by molar-refractivity contribution is 6.30. The summed E-state index contributed by atoms with van der Waals surface area (Å²) in [5.74, 6) is 1.39. The lowest BCUT2D eigenvalue weighted by atomic mass is 10.2. The summed E-state index contributed by atoms with van der Waals surface area (Å²) < 4.78 is 5.77. The van der Waals surface area contributed by atoms with Crippen LogP contribution in [0.5, 0.6) is 11.8 Å². The Kier molecular flexibility index (Phi) is 5.22. The summed E-state index contributed by atoms with van der Waals surface area (Å²) in [7, 11) is 0. The van der Waals surface area contributed by atoms with Crippen LogP contribution in [-0.2, 0) is 12.8 Å². The lowest BCUT2D eigenvalue weighted by Crippen LogP contribution is -1.99. The van der Waals surface area contributed by atoms with Gasteiger partial charge in [0.1, 0.15) is 0 Å². The molecule has 0 atom stereocenters. The number of hydrogen-bond acceptors (Lipinski definition) is 5. The highest BCUT2D eigenvalue weighted by Crippen LogP contribution is 2.24. The molecule has 5 nitrogen and oxygen atoms in total. The molecule has 0 spiro atoms. The zero-order valence-corrected chi connectivity index (χ0v) is 14.4. The summed E-state index contributed by atoms with van der Waals surface area (Å²) in [5, 5.41) is 9.33. The summed E-state index contributed by atoms with van der Waals surface area (Å²) >= 11 is 6.06. The summed E-state index contributed by atoms with van der Waals surface area (Å²) in [5.41, 5.74) is 2.53. The molecule has 0 saturated carbocycles. The Bertz CT molecular complexity index is 919. The van der Waals surface area contributed by atoms with Gasteiger partial charge in [-0.15, -0.1) is 0 Å². The van der Waals surface area contributed by atoms with Crippen LogP contribution >= 0.6 is 11.6 Å². The maximum atomic E-state index is 8.70. The molecule has 2 heterocycles. The molecule has 0 saturated heterocycles. The van der Waals surface area contributed by atoms with Crippen molar-refractivity contribution < 1.29 is 4.74 Å². The highest BCUT2D eigenvalue weighted by atomic mass is 35.5. The standard InChI is InChI=1S/C19H15ClN4O/c1-2-16-11-18(25-17-7-6-13(8-9-21)12-22-17)24-19(23-16)14-4-3-5-15(20)10-14/h3-7,10-12H,2,8H2,1H3. The Hall–Kier alpha value is -2.97. The van der Waals surface area contributed by atoms with Gasteiger partial charge in [0.15, 0.2) is 5.82 Å². The Labute approximate surface area is 150 Å². The average Bonchev–Trinajstić information content (AvgIpc) is 2.63. The molecule has 1 aromatic carbocycles. The molecular formula is C19H15ClN4O. The van der Waals surface area contributed by atoms with Crippen molar-refractivity contribution >= 4 is 11.6 Å². The largest absolute Gasteiger partial charge is 0.421 e. The molecule has 0 aliphatic heterocycles. The molecule has 0 unspecified atom stereocenters. The van der Waals surface area contributed by atoms with Crippen molar-refractivity contribution in [2.45, 2.75) is 19.8 Å². The fourth-order valence-corrected chi connectivity index (χ4v) is 2.43. The van der Waals surface area contributed by atoms with Gasteiger partial charge in [0.25, 0.3) is 0 Å². The second-order valence-corrected chi connectivity index (χ2v) is 5.76. The maximum Gasteiger partial charge on any atom is 0.225 e. The SMILES string of the molecule is CCc1cc(Oc2ccc(CC#N)cn2)nc(-c2cccc(Cl)c2)n1. The number of benzene rings is 1. The van der Waals surface area contributed by atoms with E-state index < -0.39 is 0 Å². The van der Waals surface area contributed by atoms with E-state index >= 15 is 0 Å². The fourth-order valence-electron chi connectivity index (χ4n) is 2.24. The number of ether oxygens (including phenoxy) is 1. The van der Waals surface area contributed by atoms with Crippen molar-refractivity contribution in [3.05, 3.63) is 64.9 Å². The molecule has 0 fully saturated rings. The van der Waals surface area contributed by atoms with E-state index in [-0.39, 0.29) is 0 Å². The molecule has 0 aliphatic carbocycles. The monoisotopic (exact) mass is 350 g/mol. The zero-order chi connectivity index (χ0) is 17.6. The molecule has 6 heteroatoms. The van der Waals surface area contributed by atoms with Crippen molar-refractivity contribution in [1.29, 1.82) is 5.26 Å². The predicted molar refractivity (Wildman–Crippen MR) is 95.5 cm³/mol. The minimum Gasteiger partial charge on any atom is -0.421 e. The molecule has 25 heavy (non-hydrogen) atoms. The van der Waals surface area contributed by atoms with Crippen LogP contribution in [0.2, 0.25) is 5.02 Å². The van der Waals surface area contributed by atoms with Crippen LogP contribution in [0.3, 0.4) is 0 Å². The first kappa shape index (κ1) is 16.9. The Balaban J connectivity index is 1.91. The molecule has 2 aromatic heterocycles. The number of nitrogens with zero attached hydrogens (tertiary/aromatic N) is 4. The summed E-state index contributed by atoms with van der Waals surface area (Å²) in [6.07, 6.45) is 2.69. The van der Waals surface area contributed by atoms with E-state index in [4.69, 9.17) is 21.6 Å². The van der Waals surface area contributed by atoms with Crippen molar-refractivity contribution in [3.8, 4) is 29.2 Å². The van der Waals surface area contributed by atoms with E-state index in [1.165, 1.54) is 0 Å². The van der Waals surface area contributed by atoms with Crippen LogP contribution in [-0.4, -0.2) is 15.0 Å².